The first-order chi connectivity index (χ1) is 16.1. The van der Waals surface area contributed by atoms with E-state index in [4.69, 9.17) is 13.9 Å². The number of methoxy groups -OCH3 is 2. The Morgan fingerprint density at radius 1 is 1.26 bits per heavy atom. The van der Waals surface area contributed by atoms with Gasteiger partial charge < -0.3 is 23.9 Å². The quantitative estimate of drug-likeness (QED) is 0.374. The fourth-order valence-corrected chi connectivity index (χ4v) is 8.90. The molecule has 1 amide bonds. The third kappa shape index (κ3) is 3.80. The van der Waals surface area contributed by atoms with Crippen LogP contribution in [0.15, 0.2) is 36.4 Å². The minimum Gasteiger partial charge on any atom is -0.497 e. The molecule has 0 saturated carbocycles. The smallest absolute Gasteiger partial charge is 0.337 e. The van der Waals surface area contributed by atoms with Crippen molar-refractivity contribution in [2.75, 3.05) is 14.2 Å². The third-order valence-corrected chi connectivity index (χ3v) is 10.5. The number of amides is 1. The van der Waals surface area contributed by atoms with E-state index in [2.05, 4.69) is 13.1 Å². The van der Waals surface area contributed by atoms with Crippen LogP contribution in [0.1, 0.15) is 38.2 Å². The van der Waals surface area contributed by atoms with Gasteiger partial charge in [-0.1, -0.05) is 24.3 Å². The molecule has 0 radical (unpaired) electrons. The molecule has 1 aromatic carbocycles. The molecule has 2 fully saturated rings. The van der Waals surface area contributed by atoms with Gasteiger partial charge in [0.15, 0.2) is 13.9 Å². The highest BCUT2D eigenvalue weighted by molar-refractivity contribution is 6.71. The van der Waals surface area contributed by atoms with Crippen LogP contribution in [-0.4, -0.2) is 61.7 Å². The number of aliphatic hydroxyl groups excluding tert-OH is 1. The second kappa shape index (κ2) is 9.13. The lowest BCUT2D eigenvalue weighted by Gasteiger charge is -2.54. The number of hydrogen-bond donors (Lipinski definition) is 1. The van der Waals surface area contributed by atoms with Crippen LogP contribution < -0.4 is 4.74 Å². The molecule has 0 aromatic heterocycles. The SMILES string of the molecule is COC(=O)[C@]1([C@@H](O)[C@@H]2C=CCCC2)N(Cc2ccc(OC)cc2)C(=O)[C@@H]2CC[Si](C)(C)O[C@@]21C. The van der Waals surface area contributed by atoms with Crippen molar-refractivity contribution in [2.45, 2.75) is 75.5 Å². The molecule has 2 saturated heterocycles. The molecule has 2 heterocycles. The zero-order valence-corrected chi connectivity index (χ0v) is 21.9. The second-order valence-electron chi connectivity index (χ2n) is 10.6. The number of hydrogen-bond acceptors (Lipinski definition) is 6. The number of carbonyl (C=O) groups excluding carboxylic acids is 2. The van der Waals surface area contributed by atoms with Crippen LogP contribution in [0.25, 0.3) is 0 Å². The molecular weight excluding hydrogens is 450 g/mol. The van der Waals surface area contributed by atoms with Gasteiger partial charge in [-0.15, -0.1) is 0 Å². The average molecular weight is 488 g/mol. The Morgan fingerprint density at radius 2 is 1.97 bits per heavy atom. The summed E-state index contributed by atoms with van der Waals surface area (Å²) in [6.45, 7) is 6.24. The lowest BCUT2D eigenvalue weighted by atomic mass is 9.67. The van der Waals surface area contributed by atoms with Crippen molar-refractivity contribution >= 4 is 20.2 Å². The van der Waals surface area contributed by atoms with Crippen molar-refractivity contribution in [1.82, 2.24) is 4.90 Å². The number of benzene rings is 1. The number of ether oxygens (including phenoxy) is 2. The standard InChI is InChI=1S/C26H37NO6Si/c1-25-21(15-16-34(4,5)33-25)23(29)27(17-18-11-13-20(31-2)14-12-18)26(25,24(30)32-3)22(28)19-9-7-6-8-10-19/h7,9,11-14,19,21-22,28H,6,8,10,15-17H2,1-5H3/t19-,21+,22+,25+,26+/m1/s1. The minimum atomic E-state index is -2.19. The van der Waals surface area contributed by atoms with E-state index in [9.17, 15) is 14.7 Å². The molecule has 1 N–H and O–H groups in total. The maximum absolute atomic E-state index is 14.0. The number of aliphatic hydroxyl groups is 1. The Bertz CT molecular complexity index is 963. The topological polar surface area (TPSA) is 85.3 Å². The number of esters is 1. The van der Waals surface area contributed by atoms with Crippen LogP contribution in [0, 0.1) is 11.8 Å². The van der Waals surface area contributed by atoms with E-state index in [-0.39, 0.29) is 18.4 Å². The van der Waals surface area contributed by atoms with Gasteiger partial charge >= 0.3 is 5.97 Å². The monoisotopic (exact) mass is 487 g/mol. The maximum Gasteiger partial charge on any atom is 0.337 e. The molecule has 0 bridgehead atoms. The first-order valence-corrected chi connectivity index (χ1v) is 15.3. The average Bonchev–Trinajstić information content (AvgIpc) is 3.01. The molecular formula is C26H37NO6Si. The first kappa shape index (κ1) is 24.9. The molecule has 8 heteroatoms. The van der Waals surface area contributed by atoms with Gasteiger partial charge in [0, 0.05) is 12.5 Å². The largest absolute Gasteiger partial charge is 0.497 e. The molecule has 0 unspecified atom stereocenters. The van der Waals surface area contributed by atoms with E-state index in [1.807, 2.05) is 43.3 Å². The molecule has 1 aromatic rings. The molecule has 1 aliphatic carbocycles. The highest BCUT2D eigenvalue weighted by Crippen LogP contribution is 2.56. The number of fused-ring (bicyclic) bond motifs is 1. The van der Waals surface area contributed by atoms with Crippen LogP contribution >= 0.6 is 0 Å². The molecule has 7 nitrogen and oxygen atoms in total. The number of rotatable bonds is 6. The Morgan fingerprint density at radius 3 is 2.56 bits per heavy atom. The zero-order chi connectivity index (χ0) is 24.7. The van der Waals surface area contributed by atoms with Crippen LogP contribution in [0.4, 0.5) is 0 Å². The summed E-state index contributed by atoms with van der Waals surface area (Å²) in [4.78, 5) is 29.4. The van der Waals surface area contributed by atoms with Crippen molar-refractivity contribution in [1.29, 1.82) is 0 Å². The van der Waals surface area contributed by atoms with Gasteiger partial charge in [-0.3, -0.25) is 4.79 Å². The molecule has 5 atom stereocenters. The number of nitrogens with zero attached hydrogens (tertiary/aromatic N) is 1. The lowest BCUT2D eigenvalue weighted by Crippen LogP contribution is -2.74. The van der Waals surface area contributed by atoms with Crippen LogP contribution in [0.5, 0.6) is 5.75 Å². The Labute approximate surface area is 203 Å². The van der Waals surface area contributed by atoms with Gasteiger partial charge in [0.1, 0.15) is 11.4 Å². The zero-order valence-electron chi connectivity index (χ0n) is 20.9. The van der Waals surface area contributed by atoms with E-state index in [1.165, 1.54) is 7.11 Å². The molecule has 34 heavy (non-hydrogen) atoms. The number of likely N-dealkylation sites (tertiary alicyclic amines) is 1. The minimum absolute atomic E-state index is 0.160. The molecule has 3 aliphatic rings. The molecule has 0 spiro atoms. The fourth-order valence-electron chi connectivity index (χ4n) is 6.37. The Kier molecular flexibility index (Phi) is 6.70. The van der Waals surface area contributed by atoms with E-state index in [0.717, 1.165) is 30.9 Å². The summed E-state index contributed by atoms with van der Waals surface area (Å²) < 4.78 is 17.4. The van der Waals surface area contributed by atoms with Crippen LogP contribution in [0.3, 0.4) is 0 Å². The summed E-state index contributed by atoms with van der Waals surface area (Å²) in [6.07, 6.45) is 6.12. The van der Waals surface area contributed by atoms with Gasteiger partial charge in [-0.05, 0) is 69.4 Å². The predicted molar refractivity (Wildman–Crippen MR) is 131 cm³/mol. The predicted octanol–water partition coefficient (Wildman–Crippen LogP) is 3.67. The van der Waals surface area contributed by atoms with Gasteiger partial charge in [0.05, 0.1) is 26.2 Å². The summed E-state index contributed by atoms with van der Waals surface area (Å²) in [5, 5.41) is 12.0. The van der Waals surface area contributed by atoms with E-state index in [1.54, 1.807) is 12.0 Å². The molecule has 2 aliphatic heterocycles. The summed E-state index contributed by atoms with van der Waals surface area (Å²) >= 11 is 0. The summed E-state index contributed by atoms with van der Waals surface area (Å²) in [5.74, 6) is -0.859. The summed E-state index contributed by atoms with van der Waals surface area (Å²) in [5.41, 5.74) is -2.00. The van der Waals surface area contributed by atoms with Crippen molar-refractivity contribution in [3.63, 3.8) is 0 Å². The van der Waals surface area contributed by atoms with Gasteiger partial charge in [0.25, 0.3) is 0 Å². The van der Waals surface area contributed by atoms with Gasteiger partial charge in [-0.2, -0.15) is 0 Å². The normalized spacial score (nSPS) is 33.4. The highest BCUT2D eigenvalue weighted by Gasteiger charge is 2.76. The number of carbonyl (C=O) groups is 2. The number of allylic oxidation sites excluding steroid dienone is 1. The van der Waals surface area contributed by atoms with E-state index in [0.29, 0.717) is 12.2 Å². The summed E-state index contributed by atoms with van der Waals surface area (Å²) in [7, 11) is 0.739. The van der Waals surface area contributed by atoms with Crippen molar-refractivity contribution in [3.8, 4) is 5.75 Å². The molecule has 186 valence electrons. The Hall–Kier alpha value is -2.16. The van der Waals surface area contributed by atoms with Crippen molar-refractivity contribution < 1.29 is 28.6 Å². The maximum atomic E-state index is 14.0. The van der Waals surface area contributed by atoms with Crippen molar-refractivity contribution in [3.05, 3.63) is 42.0 Å². The van der Waals surface area contributed by atoms with E-state index < -0.39 is 37.4 Å². The Balaban J connectivity index is 1.88. The van der Waals surface area contributed by atoms with Crippen LogP contribution in [0.2, 0.25) is 19.1 Å². The van der Waals surface area contributed by atoms with Gasteiger partial charge in [-0.25, -0.2) is 4.79 Å². The lowest BCUT2D eigenvalue weighted by molar-refractivity contribution is -0.189. The first-order valence-electron chi connectivity index (χ1n) is 12.2. The fraction of sp³-hybridized carbons (Fsp3) is 0.615. The second-order valence-corrected chi connectivity index (χ2v) is 14.8. The van der Waals surface area contributed by atoms with E-state index >= 15 is 0 Å². The van der Waals surface area contributed by atoms with Gasteiger partial charge in [0.2, 0.25) is 5.91 Å². The highest BCUT2D eigenvalue weighted by atomic mass is 28.4. The summed E-state index contributed by atoms with van der Waals surface area (Å²) in [6, 6.07) is 8.25. The van der Waals surface area contributed by atoms with Crippen LogP contribution in [-0.2, 0) is 25.3 Å². The third-order valence-electron chi connectivity index (χ3n) is 8.06. The molecule has 4 rings (SSSR count). The van der Waals surface area contributed by atoms with Crippen molar-refractivity contribution in [2.24, 2.45) is 11.8 Å².